The maximum atomic E-state index is 12.8. The van der Waals surface area contributed by atoms with Crippen LogP contribution in [0.2, 0.25) is 5.02 Å². The molecule has 0 aliphatic carbocycles. The number of anilines is 3. The second-order valence-electron chi connectivity index (χ2n) is 8.41. The predicted molar refractivity (Wildman–Crippen MR) is 145 cm³/mol. The second-order valence-corrected chi connectivity index (χ2v) is 12.4. The highest BCUT2D eigenvalue weighted by atomic mass is 35.5. The Bertz CT molecular complexity index is 1440. The number of sulfonamides is 2. The largest absolute Gasteiger partial charge is 0.326 e. The molecule has 0 saturated heterocycles. The van der Waals surface area contributed by atoms with Crippen LogP contribution < -0.4 is 14.3 Å². The van der Waals surface area contributed by atoms with Gasteiger partial charge in [0.05, 0.1) is 22.5 Å². The number of amides is 1. The van der Waals surface area contributed by atoms with Gasteiger partial charge in [0, 0.05) is 23.7 Å². The highest BCUT2D eigenvalue weighted by Crippen LogP contribution is 2.23. The maximum Gasteiger partial charge on any atom is 0.261 e. The van der Waals surface area contributed by atoms with Crippen molar-refractivity contribution in [2.45, 2.75) is 31.6 Å². The molecule has 8 nitrogen and oxygen atoms in total. The Kier molecular flexibility index (Phi) is 8.65. The minimum absolute atomic E-state index is 0.0631. The van der Waals surface area contributed by atoms with E-state index in [0.717, 1.165) is 17.4 Å². The zero-order valence-electron chi connectivity index (χ0n) is 20.2. The summed E-state index contributed by atoms with van der Waals surface area (Å²) in [5, 5.41) is 3.20. The molecule has 0 aromatic heterocycles. The Morgan fingerprint density at radius 2 is 1.56 bits per heavy atom. The van der Waals surface area contributed by atoms with Gasteiger partial charge in [-0.25, -0.2) is 16.8 Å². The fourth-order valence-electron chi connectivity index (χ4n) is 3.47. The van der Waals surface area contributed by atoms with Crippen molar-refractivity contribution in [1.82, 2.24) is 0 Å². The first-order chi connectivity index (χ1) is 16.8. The van der Waals surface area contributed by atoms with E-state index in [2.05, 4.69) is 10.0 Å². The van der Waals surface area contributed by atoms with Crippen molar-refractivity contribution < 1.29 is 21.6 Å². The molecule has 0 saturated carbocycles. The van der Waals surface area contributed by atoms with Gasteiger partial charge in [0.1, 0.15) is 0 Å². The number of aryl methyl sites for hydroxylation is 2. The minimum Gasteiger partial charge on any atom is -0.326 e. The van der Waals surface area contributed by atoms with E-state index in [1.807, 2.05) is 26.0 Å². The van der Waals surface area contributed by atoms with Gasteiger partial charge in [-0.05, 0) is 86.0 Å². The smallest absolute Gasteiger partial charge is 0.261 e. The van der Waals surface area contributed by atoms with Gasteiger partial charge in [-0.15, -0.1) is 0 Å². The summed E-state index contributed by atoms with van der Waals surface area (Å²) < 4.78 is 53.7. The van der Waals surface area contributed by atoms with Crippen LogP contribution in [0.5, 0.6) is 0 Å². The number of benzene rings is 3. The zero-order chi connectivity index (χ0) is 26.5. The van der Waals surface area contributed by atoms with Crippen LogP contribution in [0, 0.1) is 13.8 Å². The fraction of sp³-hybridized carbons (Fsp3) is 0.240. The summed E-state index contributed by atoms with van der Waals surface area (Å²) in [6, 6.07) is 17.8. The van der Waals surface area contributed by atoms with E-state index in [4.69, 9.17) is 11.6 Å². The third-order valence-corrected chi connectivity index (χ3v) is 8.19. The van der Waals surface area contributed by atoms with Crippen molar-refractivity contribution in [3.05, 3.63) is 82.9 Å². The highest BCUT2D eigenvalue weighted by Gasteiger charge is 2.18. The van der Waals surface area contributed by atoms with Crippen molar-refractivity contribution in [1.29, 1.82) is 0 Å². The summed E-state index contributed by atoms with van der Waals surface area (Å²) in [5.41, 5.74) is 3.15. The molecule has 3 aromatic rings. The molecule has 0 bridgehead atoms. The molecular weight excluding hydrogens is 522 g/mol. The molecule has 3 rings (SSSR count). The first-order valence-corrected chi connectivity index (χ1v) is 14.8. The molecule has 0 spiro atoms. The molecular formula is C25H28ClN3O5S2. The van der Waals surface area contributed by atoms with Gasteiger partial charge in [0.2, 0.25) is 15.9 Å². The van der Waals surface area contributed by atoms with E-state index in [9.17, 15) is 21.6 Å². The van der Waals surface area contributed by atoms with E-state index < -0.39 is 20.0 Å². The summed E-state index contributed by atoms with van der Waals surface area (Å²) >= 11 is 5.88. The van der Waals surface area contributed by atoms with Gasteiger partial charge in [-0.3, -0.25) is 13.8 Å². The van der Waals surface area contributed by atoms with E-state index in [1.54, 1.807) is 30.3 Å². The van der Waals surface area contributed by atoms with Crippen molar-refractivity contribution in [3.63, 3.8) is 0 Å². The van der Waals surface area contributed by atoms with Crippen LogP contribution in [0.25, 0.3) is 0 Å². The van der Waals surface area contributed by atoms with Crippen LogP contribution in [-0.4, -0.2) is 35.5 Å². The number of rotatable bonds is 10. The number of halogens is 1. The van der Waals surface area contributed by atoms with Gasteiger partial charge >= 0.3 is 0 Å². The zero-order valence-corrected chi connectivity index (χ0v) is 22.5. The molecule has 1 amide bonds. The number of nitrogens with one attached hydrogen (secondary N) is 2. The molecule has 0 aliphatic heterocycles. The van der Waals surface area contributed by atoms with Crippen LogP contribution in [0.4, 0.5) is 17.1 Å². The molecule has 192 valence electrons. The highest BCUT2D eigenvalue weighted by molar-refractivity contribution is 7.92. The van der Waals surface area contributed by atoms with Gasteiger partial charge in [-0.2, -0.15) is 0 Å². The van der Waals surface area contributed by atoms with Gasteiger partial charge in [0.15, 0.2) is 0 Å². The summed E-state index contributed by atoms with van der Waals surface area (Å²) in [6.45, 7) is 3.82. The Morgan fingerprint density at radius 1 is 0.917 bits per heavy atom. The molecule has 2 N–H and O–H groups in total. The van der Waals surface area contributed by atoms with E-state index in [0.29, 0.717) is 22.1 Å². The Morgan fingerprint density at radius 3 is 2.17 bits per heavy atom. The summed E-state index contributed by atoms with van der Waals surface area (Å²) in [6.07, 6.45) is 1.47. The average Bonchev–Trinajstić information content (AvgIpc) is 2.79. The number of nitrogens with zero attached hydrogens (tertiary/aromatic N) is 1. The van der Waals surface area contributed by atoms with Gasteiger partial charge < -0.3 is 5.32 Å². The number of hydrogen-bond donors (Lipinski definition) is 2. The molecule has 11 heteroatoms. The van der Waals surface area contributed by atoms with Crippen molar-refractivity contribution >= 4 is 54.6 Å². The molecule has 0 fully saturated rings. The van der Waals surface area contributed by atoms with Crippen LogP contribution in [-0.2, 0) is 24.8 Å². The van der Waals surface area contributed by atoms with E-state index in [1.165, 1.54) is 28.6 Å². The average molecular weight is 550 g/mol. The molecule has 0 aliphatic rings. The standard InChI is InChI=1S/C25H28ClN3O5S2/c1-18-6-7-19(2)24(17-18)28-36(33,34)23-14-10-21(11-15-23)27-25(30)5-4-16-29(35(3,31)32)22-12-8-20(26)9-13-22/h6-15,17,28H,4-5,16H2,1-3H3,(H,27,30). The molecule has 3 aromatic carbocycles. The predicted octanol–water partition coefficient (Wildman–Crippen LogP) is 4.94. The molecule has 36 heavy (non-hydrogen) atoms. The lowest BCUT2D eigenvalue weighted by Crippen LogP contribution is -2.31. The SMILES string of the molecule is Cc1ccc(C)c(NS(=O)(=O)c2ccc(NC(=O)CCCN(c3ccc(Cl)cc3)S(C)(=O)=O)cc2)c1. The summed E-state index contributed by atoms with van der Waals surface area (Å²) in [4.78, 5) is 12.5. The Labute approximate surface area is 217 Å². The lowest BCUT2D eigenvalue weighted by molar-refractivity contribution is -0.116. The molecule has 0 radical (unpaired) electrons. The monoisotopic (exact) mass is 549 g/mol. The molecule has 0 unspecified atom stereocenters. The maximum absolute atomic E-state index is 12.8. The van der Waals surface area contributed by atoms with E-state index in [-0.39, 0.29) is 30.2 Å². The third kappa shape index (κ3) is 7.46. The quantitative estimate of drug-likeness (QED) is 0.372. The third-order valence-electron chi connectivity index (χ3n) is 5.37. The molecule has 0 atom stereocenters. The first-order valence-electron chi connectivity index (χ1n) is 11.1. The van der Waals surface area contributed by atoms with Gasteiger partial charge in [-0.1, -0.05) is 23.7 Å². The number of hydrogen-bond acceptors (Lipinski definition) is 5. The Hall–Kier alpha value is -3.08. The summed E-state index contributed by atoms with van der Waals surface area (Å²) in [5.74, 6) is -0.316. The van der Waals surface area contributed by atoms with E-state index >= 15 is 0 Å². The van der Waals surface area contributed by atoms with Crippen molar-refractivity contribution in [2.24, 2.45) is 0 Å². The lowest BCUT2D eigenvalue weighted by atomic mass is 10.1. The van der Waals surface area contributed by atoms with Crippen molar-refractivity contribution in [3.8, 4) is 0 Å². The normalized spacial score (nSPS) is 11.7. The summed E-state index contributed by atoms with van der Waals surface area (Å²) in [7, 11) is -7.34. The van der Waals surface area contributed by atoms with Gasteiger partial charge in [0.25, 0.3) is 10.0 Å². The van der Waals surface area contributed by atoms with Crippen LogP contribution in [0.15, 0.2) is 71.6 Å². The Balaban J connectivity index is 1.58. The molecule has 0 heterocycles. The topological polar surface area (TPSA) is 113 Å². The van der Waals surface area contributed by atoms with Crippen LogP contribution >= 0.6 is 11.6 Å². The number of carbonyl (C=O) groups excluding carboxylic acids is 1. The van der Waals surface area contributed by atoms with Crippen LogP contribution in [0.3, 0.4) is 0 Å². The minimum atomic E-state index is -3.80. The fourth-order valence-corrected chi connectivity index (χ4v) is 5.68. The second kappa shape index (κ2) is 11.3. The van der Waals surface area contributed by atoms with Crippen molar-refractivity contribution in [2.75, 3.05) is 27.1 Å². The first kappa shape index (κ1) is 27.5. The lowest BCUT2D eigenvalue weighted by Gasteiger charge is -2.22. The van der Waals surface area contributed by atoms with Crippen LogP contribution in [0.1, 0.15) is 24.0 Å². The number of carbonyl (C=O) groups is 1.